The topological polar surface area (TPSA) is 429 Å². The van der Waals surface area contributed by atoms with E-state index in [1.54, 1.807) is 0 Å². The fourth-order valence-electron chi connectivity index (χ4n) is 5.86. The van der Waals surface area contributed by atoms with Crippen LogP contribution in [0.4, 0.5) is 0 Å². The highest BCUT2D eigenvalue weighted by molar-refractivity contribution is 5.96. The normalized spacial score (nSPS) is 13.2. The number of benzene rings is 1. The molecule has 23 heteroatoms. The van der Waals surface area contributed by atoms with Crippen LogP contribution in [0.1, 0.15) is 77.2 Å². The first-order valence-electron chi connectivity index (χ1n) is 20.4. The van der Waals surface area contributed by atoms with Crippen LogP contribution in [0.3, 0.4) is 0 Å². The lowest BCUT2D eigenvalue weighted by molar-refractivity contribution is -0.135. The molecule has 0 radical (unpaired) electrons. The molecule has 5 unspecified atom stereocenters. The second-order valence-electron chi connectivity index (χ2n) is 14.8. The number of carbonyl (C=O) groups excluding carboxylic acids is 5. The summed E-state index contributed by atoms with van der Waals surface area (Å²) in [5.74, 6) is -3.64. The van der Waals surface area contributed by atoms with Crippen LogP contribution in [0.25, 0.3) is 0 Å². The molecule has 0 saturated heterocycles. The predicted octanol–water partition coefficient (Wildman–Crippen LogP) is -4.13. The number of guanidine groups is 4. The molecule has 5 amide bonds. The molecule has 0 aromatic heterocycles. The first-order chi connectivity index (χ1) is 28.9. The van der Waals surface area contributed by atoms with Crippen molar-refractivity contribution in [1.29, 1.82) is 0 Å². The number of carbonyl (C=O) groups is 5. The van der Waals surface area contributed by atoms with E-state index in [4.69, 9.17) is 51.6 Å². The molecular formula is C38H70N18O5. The van der Waals surface area contributed by atoms with Gasteiger partial charge in [0, 0.05) is 32.7 Å². The van der Waals surface area contributed by atoms with Gasteiger partial charge in [0.15, 0.2) is 23.8 Å². The summed E-state index contributed by atoms with van der Waals surface area (Å²) in [5, 5.41) is 13.8. The Kier molecular flexibility index (Phi) is 25.7. The molecule has 0 fully saturated rings. The van der Waals surface area contributed by atoms with Crippen molar-refractivity contribution in [3.63, 3.8) is 0 Å². The molecule has 23 nitrogen and oxygen atoms in total. The molecule has 1 aromatic carbocycles. The van der Waals surface area contributed by atoms with Gasteiger partial charge in [0.1, 0.15) is 24.2 Å². The average Bonchev–Trinajstić information content (AvgIpc) is 3.19. The highest BCUT2D eigenvalue weighted by Crippen LogP contribution is 2.10. The van der Waals surface area contributed by atoms with Gasteiger partial charge in [0.2, 0.25) is 29.5 Å². The maximum atomic E-state index is 14.1. The molecule has 342 valence electrons. The van der Waals surface area contributed by atoms with E-state index in [0.29, 0.717) is 25.8 Å². The summed E-state index contributed by atoms with van der Waals surface area (Å²) in [6, 6.07) is 4.07. The van der Waals surface area contributed by atoms with Crippen LogP contribution in [0.15, 0.2) is 50.3 Å². The number of hydrogen-bond acceptors (Lipinski definition) is 10. The fourth-order valence-corrected chi connectivity index (χ4v) is 5.86. The van der Waals surface area contributed by atoms with Crippen molar-refractivity contribution in [2.75, 3.05) is 32.7 Å². The standard InChI is InChI=1S/C38H70N18O5/c1-23(2)22-29(56-30(57)25(39)12-6-17-49-35(40)41)34(61)55-28(15-9-20-52-38(46)47)33(60)54-27(14-8-19-51-37(44)45)32(59)53-26(13-7-18-50-36(42)43)31(58)48-21-16-24-10-4-3-5-11-24/h3-5,10-11,23,25-29H,6-9,12-22,39H2,1-2H3,(H,48,58)(H,53,59)(H,54,60)(H,55,61)(H,56,57)(H4,40,41,49)(H4,42,43,50)(H4,44,45,51)(H4,46,47,52). The zero-order valence-electron chi connectivity index (χ0n) is 35.5. The SMILES string of the molecule is CC(C)CC(NC(=O)C(N)CCCN=C(N)N)C(=O)NC(CCCN=C(N)N)C(=O)NC(CCCN=C(N)N)C(=O)NC(CCCN=C(N)N)C(=O)NCCc1ccccc1. The molecule has 0 saturated carbocycles. The number of nitrogens with zero attached hydrogens (tertiary/aromatic N) is 4. The maximum absolute atomic E-state index is 14.1. The molecule has 0 heterocycles. The van der Waals surface area contributed by atoms with E-state index in [0.717, 1.165) is 5.56 Å². The van der Waals surface area contributed by atoms with Crippen molar-refractivity contribution in [3.8, 4) is 0 Å². The van der Waals surface area contributed by atoms with Gasteiger partial charge in [-0.3, -0.25) is 43.9 Å². The first-order valence-corrected chi connectivity index (χ1v) is 20.4. The minimum atomic E-state index is -1.22. The third-order valence-corrected chi connectivity index (χ3v) is 8.94. The summed E-state index contributed by atoms with van der Waals surface area (Å²) in [5.41, 5.74) is 50.8. The quantitative estimate of drug-likeness (QED) is 0.0199. The summed E-state index contributed by atoms with van der Waals surface area (Å²) in [6.07, 6.45) is 2.54. The molecule has 0 spiro atoms. The number of amides is 5. The number of rotatable bonds is 30. The van der Waals surface area contributed by atoms with Gasteiger partial charge in [0.05, 0.1) is 6.04 Å². The van der Waals surface area contributed by atoms with Crippen molar-refractivity contribution in [1.82, 2.24) is 26.6 Å². The lowest BCUT2D eigenvalue weighted by atomic mass is 10.0. The summed E-state index contributed by atoms with van der Waals surface area (Å²) in [7, 11) is 0. The monoisotopic (exact) mass is 859 g/mol. The zero-order chi connectivity index (χ0) is 45.7. The second-order valence-corrected chi connectivity index (χ2v) is 14.8. The Morgan fingerprint density at radius 1 is 0.508 bits per heavy atom. The molecule has 1 aromatic rings. The molecule has 0 aliphatic rings. The van der Waals surface area contributed by atoms with Gasteiger partial charge in [-0.05, 0) is 75.7 Å². The molecule has 0 aliphatic carbocycles. The van der Waals surface area contributed by atoms with E-state index in [-0.39, 0.29) is 101 Å². The van der Waals surface area contributed by atoms with E-state index < -0.39 is 59.7 Å². The van der Waals surface area contributed by atoms with Crippen molar-refractivity contribution in [3.05, 3.63) is 35.9 Å². The predicted molar refractivity (Wildman–Crippen MR) is 238 cm³/mol. The Hall–Kier alpha value is -6.39. The number of nitrogens with one attached hydrogen (secondary N) is 5. The van der Waals surface area contributed by atoms with Crippen molar-refractivity contribution in [2.45, 2.75) is 108 Å². The Balaban J connectivity index is 3.35. The summed E-state index contributed by atoms with van der Waals surface area (Å²) in [6.45, 7) is 4.77. The Labute approximate surface area is 357 Å². The Morgan fingerprint density at radius 2 is 0.869 bits per heavy atom. The van der Waals surface area contributed by atoms with E-state index in [2.05, 4.69) is 46.6 Å². The molecule has 0 aliphatic heterocycles. The van der Waals surface area contributed by atoms with E-state index >= 15 is 0 Å². The Morgan fingerprint density at radius 3 is 1.26 bits per heavy atom. The van der Waals surface area contributed by atoms with Crippen LogP contribution in [0.5, 0.6) is 0 Å². The van der Waals surface area contributed by atoms with Crippen molar-refractivity contribution >= 4 is 53.4 Å². The third kappa shape index (κ3) is 25.0. The molecular weight excluding hydrogens is 789 g/mol. The number of aliphatic imine (C=N–C) groups is 4. The fraction of sp³-hybridized carbons (Fsp3) is 0.605. The van der Waals surface area contributed by atoms with Crippen molar-refractivity contribution in [2.24, 2.45) is 77.5 Å². The van der Waals surface area contributed by atoms with E-state index in [1.165, 1.54) is 0 Å². The van der Waals surface area contributed by atoms with Gasteiger partial charge in [0.25, 0.3) is 0 Å². The van der Waals surface area contributed by atoms with Crippen LogP contribution >= 0.6 is 0 Å². The van der Waals surface area contributed by atoms with Gasteiger partial charge < -0.3 is 78.2 Å². The lowest BCUT2D eigenvalue weighted by Gasteiger charge is -2.27. The van der Waals surface area contributed by atoms with Crippen LogP contribution in [-0.2, 0) is 30.4 Å². The van der Waals surface area contributed by atoms with Crippen LogP contribution in [0, 0.1) is 5.92 Å². The third-order valence-electron chi connectivity index (χ3n) is 8.94. The smallest absolute Gasteiger partial charge is 0.243 e. The van der Waals surface area contributed by atoms with E-state index in [1.807, 2.05) is 44.2 Å². The molecule has 1 rings (SSSR count). The molecule has 0 bridgehead atoms. The minimum Gasteiger partial charge on any atom is -0.370 e. The lowest BCUT2D eigenvalue weighted by Crippen LogP contribution is -2.59. The van der Waals surface area contributed by atoms with Crippen LogP contribution in [0.2, 0.25) is 0 Å². The van der Waals surface area contributed by atoms with Gasteiger partial charge >= 0.3 is 0 Å². The van der Waals surface area contributed by atoms with Gasteiger partial charge in [-0.15, -0.1) is 0 Å². The van der Waals surface area contributed by atoms with Gasteiger partial charge in [-0.25, -0.2) is 0 Å². The minimum absolute atomic E-state index is 0.0422. The molecule has 5 atom stereocenters. The van der Waals surface area contributed by atoms with Gasteiger partial charge in [-0.1, -0.05) is 44.2 Å². The number of nitrogens with two attached hydrogens (primary N) is 9. The maximum Gasteiger partial charge on any atom is 0.243 e. The van der Waals surface area contributed by atoms with Gasteiger partial charge in [-0.2, -0.15) is 0 Å². The molecule has 23 N–H and O–H groups in total. The highest BCUT2D eigenvalue weighted by Gasteiger charge is 2.32. The largest absolute Gasteiger partial charge is 0.370 e. The molecule has 61 heavy (non-hydrogen) atoms. The zero-order valence-corrected chi connectivity index (χ0v) is 35.5. The van der Waals surface area contributed by atoms with E-state index in [9.17, 15) is 24.0 Å². The summed E-state index contributed by atoms with van der Waals surface area (Å²) < 4.78 is 0. The van der Waals surface area contributed by atoms with Crippen molar-refractivity contribution < 1.29 is 24.0 Å². The Bertz CT molecular complexity index is 1620. The second kappa shape index (κ2) is 29.8. The average molecular weight is 859 g/mol. The van der Waals surface area contributed by atoms with Crippen LogP contribution in [-0.4, -0.2) is 116 Å². The highest BCUT2D eigenvalue weighted by atomic mass is 16.2. The number of hydrogen-bond donors (Lipinski definition) is 14. The summed E-state index contributed by atoms with van der Waals surface area (Å²) >= 11 is 0. The summed E-state index contributed by atoms with van der Waals surface area (Å²) in [4.78, 5) is 84.3. The first kappa shape index (κ1) is 52.6. The van der Waals surface area contributed by atoms with Crippen LogP contribution < -0.4 is 78.2 Å².